The van der Waals surface area contributed by atoms with Crippen molar-refractivity contribution in [3.63, 3.8) is 0 Å². The lowest BCUT2D eigenvalue weighted by atomic mass is 10.0. The highest BCUT2D eigenvalue weighted by molar-refractivity contribution is 7.90. The maximum atomic E-state index is 12.8. The van der Waals surface area contributed by atoms with Crippen molar-refractivity contribution in [3.05, 3.63) is 89.2 Å². The first-order valence-electron chi connectivity index (χ1n) is 7.97. The van der Waals surface area contributed by atoms with Crippen molar-refractivity contribution in [2.75, 3.05) is 0 Å². The molecular weight excluding hydrogens is 334 g/mol. The molecule has 4 nitrogen and oxygen atoms in total. The summed E-state index contributed by atoms with van der Waals surface area (Å²) in [6.45, 7) is 3.52. The van der Waals surface area contributed by atoms with E-state index in [-0.39, 0.29) is 17.1 Å². The first-order valence-corrected chi connectivity index (χ1v) is 9.41. The van der Waals surface area contributed by atoms with Gasteiger partial charge in [-0.3, -0.25) is 4.79 Å². The first kappa shape index (κ1) is 17.2. The average molecular weight is 353 g/mol. The fraction of sp³-hybridized carbons (Fsp3) is 0.150. The van der Waals surface area contributed by atoms with E-state index in [1.807, 2.05) is 18.2 Å². The summed E-state index contributed by atoms with van der Waals surface area (Å²) < 4.78 is 26.9. The summed E-state index contributed by atoms with van der Waals surface area (Å²) >= 11 is 0. The number of hydrogen-bond donors (Lipinski definition) is 0. The molecule has 0 unspecified atom stereocenters. The predicted molar refractivity (Wildman–Crippen MR) is 97.4 cm³/mol. The van der Waals surface area contributed by atoms with E-state index in [0.717, 1.165) is 5.56 Å². The van der Waals surface area contributed by atoms with E-state index < -0.39 is 10.0 Å². The van der Waals surface area contributed by atoms with Crippen LogP contribution in [0, 0.1) is 13.8 Å². The topological polar surface area (TPSA) is 56.1 Å². The van der Waals surface area contributed by atoms with Crippen LogP contribution >= 0.6 is 0 Å². The van der Waals surface area contributed by atoms with Gasteiger partial charge in [0.05, 0.1) is 4.90 Å². The van der Waals surface area contributed by atoms with E-state index >= 15 is 0 Å². The molecule has 1 heterocycles. The number of hydrogen-bond acceptors (Lipinski definition) is 3. The summed E-state index contributed by atoms with van der Waals surface area (Å²) in [4.78, 5) is 12.5. The Hall–Kier alpha value is -2.66. The molecule has 3 aromatic rings. The van der Waals surface area contributed by atoms with Crippen molar-refractivity contribution in [2.45, 2.75) is 25.2 Å². The van der Waals surface area contributed by atoms with Gasteiger partial charge in [0.2, 0.25) is 0 Å². The summed E-state index contributed by atoms with van der Waals surface area (Å²) in [5.74, 6) is 0.00769. The molecule has 0 bridgehead atoms. The maximum Gasteiger partial charge on any atom is 0.268 e. The molecule has 0 spiro atoms. The monoisotopic (exact) mass is 353 g/mol. The van der Waals surface area contributed by atoms with Crippen LogP contribution in [-0.4, -0.2) is 18.2 Å². The average Bonchev–Trinajstić information content (AvgIpc) is 2.95. The number of Topliss-reactive ketones (excluding diaryl/α,β-unsaturated/α-hetero) is 1. The SMILES string of the molecule is Cc1ccc(C)n1S(=O)(=O)c1ccc(CC(=O)c2ccccc2)cc1. The van der Waals surface area contributed by atoms with Gasteiger partial charge < -0.3 is 0 Å². The molecule has 128 valence electrons. The van der Waals surface area contributed by atoms with Gasteiger partial charge in [-0.2, -0.15) is 0 Å². The van der Waals surface area contributed by atoms with Crippen LogP contribution in [0.15, 0.2) is 71.6 Å². The number of aromatic nitrogens is 1. The standard InChI is InChI=1S/C20H19NO3S/c1-15-8-9-16(2)21(15)25(23,24)19-12-10-17(11-13-19)14-20(22)18-6-4-3-5-7-18/h3-13H,14H2,1-2H3. The van der Waals surface area contributed by atoms with Gasteiger partial charge in [-0.1, -0.05) is 42.5 Å². The Bertz CT molecular complexity index is 981. The number of benzene rings is 2. The fourth-order valence-electron chi connectivity index (χ4n) is 2.83. The highest BCUT2D eigenvalue weighted by Crippen LogP contribution is 2.20. The molecule has 0 aliphatic heterocycles. The van der Waals surface area contributed by atoms with E-state index in [4.69, 9.17) is 0 Å². The summed E-state index contributed by atoms with van der Waals surface area (Å²) in [6, 6.07) is 19.1. The Balaban J connectivity index is 1.84. The van der Waals surface area contributed by atoms with Crippen LogP contribution < -0.4 is 0 Å². The van der Waals surface area contributed by atoms with Crippen molar-refractivity contribution < 1.29 is 13.2 Å². The van der Waals surface area contributed by atoms with Gasteiger partial charge in [0.25, 0.3) is 10.0 Å². The third-order valence-electron chi connectivity index (χ3n) is 4.13. The molecule has 0 atom stereocenters. The van der Waals surface area contributed by atoms with Crippen molar-refractivity contribution in [3.8, 4) is 0 Å². The quantitative estimate of drug-likeness (QED) is 0.656. The van der Waals surface area contributed by atoms with Crippen LogP contribution in [0.25, 0.3) is 0 Å². The molecule has 0 fully saturated rings. The molecule has 0 aliphatic carbocycles. The highest BCUT2D eigenvalue weighted by atomic mass is 32.2. The summed E-state index contributed by atoms with van der Waals surface area (Å²) in [5.41, 5.74) is 2.77. The number of carbonyl (C=O) groups excluding carboxylic acids is 1. The zero-order valence-corrected chi connectivity index (χ0v) is 15.0. The Morgan fingerprint density at radius 2 is 1.40 bits per heavy atom. The molecule has 2 aromatic carbocycles. The second-order valence-electron chi connectivity index (χ2n) is 6.00. The van der Waals surface area contributed by atoms with Crippen LogP contribution in [0.1, 0.15) is 27.3 Å². The second kappa shape index (κ2) is 6.69. The largest absolute Gasteiger partial charge is 0.294 e. The third kappa shape index (κ3) is 3.42. The van der Waals surface area contributed by atoms with E-state index in [0.29, 0.717) is 17.0 Å². The molecule has 0 radical (unpaired) electrons. The van der Waals surface area contributed by atoms with E-state index in [9.17, 15) is 13.2 Å². The molecule has 0 saturated carbocycles. The van der Waals surface area contributed by atoms with Crippen LogP contribution in [0.2, 0.25) is 0 Å². The Morgan fingerprint density at radius 3 is 1.96 bits per heavy atom. The van der Waals surface area contributed by atoms with Crippen LogP contribution in [0.4, 0.5) is 0 Å². The Labute approximate surface area is 147 Å². The molecule has 0 amide bonds. The van der Waals surface area contributed by atoms with Crippen molar-refractivity contribution in [2.24, 2.45) is 0 Å². The molecule has 0 saturated heterocycles. The minimum atomic E-state index is -3.62. The lowest BCUT2D eigenvalue weighted by Crippen LogP contribution is -2.15. The normalized spacial score (nSPS) is 11.4. The molecule has 1 aromatic heterocycles. The van der Waals surface area contributed by atoms with Gasteiger partial charge in [0.1, 0.15) is 0 Å². The van der Waals surface area contributed by atoms with E-state index in [1.54, 1.807) is 62.4 Å². The van der Waals surface area contributed by atoms with Crippen LogP contribution in [0.3, 0.4) is 0 Å². The summed E-state index contributed by atoms with van der Waals surface area (Å²) in [7, 11) is -3.62. The molecular formula is C20H19NO3S. The minimum Gasteiger partial charge on any atom is -0.294 e. The smallest absolute Gasteiger partial charge is 0.268 e. The van der Waals surface area contributed by atoms with Crippen molar-refractivity contribution in [1.29, 1.82) is 0 Å². The van der Waals surface area contributed by atoms with Gasteiger partial charge in [-0.15, -0.1) is 0 Å². The molecule has 25 heavy (non-hydrogen) atoms. The van der Waals surface area contributed by atoms with Gasteiger partial charge in [0.15, 0.2) is 5.78 Å². The third-order valence-corrected chi connectivity index (χ3v) is 6.05. The highest BCUT2D eigenvalue weighted by Gasteiger charge is 2.20. The number of carbonyl (C=O) groups is 1. The maximum absolute atomic E-state index is 12.8. The zero-order chi connectivity index (χ0) is 18.0. The van der Waals surface area contributed by atoms with Crippen molar-refractivity contribution in [1.82, 2.24) is 3.97 Å². The summed E-state index contributed by atoms with van der Waals surface area (Å²) in [5, 5.41) is 0. The van der Waals surface area contributed by atoms with E-state index in [1.165, 1.54) is 3.97 Å². The second-order valence-corrected chi connectivity index (χ2v) is 7.78. The number of ketones is 1. The predicted octanol–water partition coefficient (Wildman–Crippen LogP) is 3.77. The van der Waals surface area contributed by atoms with Gasteiger partial charge in [-0.05, 0) is 43.7 Å². The molecule has 3 rings (SSSR count). The number of nitrogens with zero attached hydrogens (tertiary/aromatic N) is 1. The summed E-state index contributed by atoms with van der Waals surface area (Å²) in [6.07, 6.45) is 0.242. The lowest BCUT2D eigenvalue weighted by molar-refractivity contribution is 0.0993. The van der Waals surface area contributed by atoms with Crippen LogP contribution in [-0.2, 0) is 16.4 Å². The van der Waals surface area contributed by atoms with Crippen LogP contribution in [0.5, 0.6) is 0 Å². The van der Waals surface area contributed by atoms with Gasteiger partial charge >= 0.3 is 0 Å². The van der Waals surface area contributed by atoms with E-state index in [2.05, 4.69) is 0 Å². The van der Waals surface area contributed by atoms with Gasteiger partial charge in [0, 0.05) is 23.4 Å². The van der Waals surface area contributed by atoms with Gasteiger partial charge in [-0.25, -0.2) is 12.4 Å². The molecule has 0 N–H and O–H groups in total. The number of rotatable bonds is 5. The van der Waals surface area contributed by atoms with Crippen molar-refractivity contribution >= 4 is 15.8 Å². The lowest BCUT2D eigenvalue weighted by Gasteiger charge is -2.11. The fourth-order valence-corrected chi connectivity index (χ4v) is 4.40. The first-order chi connectivity index (χ1) is 11.9. The Kier molecular flexibility index (Phi) is 4.59. The Morgan fingerprint density at radius 1 is 0.840 bits per heavy atom. The zero-order valence-electron chi connectivity index (χ0n) is 14.1. The number of aryl methyl sites for hydroxylation is 2. The molecule has 5 heteroatoms. The minimum absolute atomic E-state index is 0.00769. The molecule has 0 aliphatic rings.